The number of hydrogen-bond acceptors (Lipinski definition) is 4. The van der Waals surface area contributed by atoms with Gasteiger partial charge in [-0.1, -0.05) is 13.8 Å². The first-order valence-corrected chi connectivity index (χ1v) is 8.84. The third kappa shape index (κ3) is 3.65. The summed E-state index contributed by atoms with van der Waals surface area (Å²) in [4.78, 5) is 16.7. The lowest BCUT2D eigenvalue weighted by atomic mass is 10.0. The van der Waals surface area contributed by atoms with Gasteiger partial charge in [-0.15, -0.1) is 11.3 Å². The normalized spacial score (nSPS) is 18.2. The molecule has 0 aliphatic carbocycles. The minimum Gasteiger partial charge on any atom is -0.326 e. The minimum atomic E-state index is 0.111. The smallest absolute Gasteiger partial charge is 0.224 e. The van der Waals surface area contributed by atoms with E-state index in [4.69, 9.17) is 0 Å². The van der Waals surface area contributed by atoms with Crippen LogP contribution in [0.4, 0.5) is 5.69 Å². The number of benzene rings is 1. The maximum Gasteiger partial charge on any atom is 0.224 e. The molecule has 1 aromatic heterocycles. The quantitative estimate of drug-likeness (QED) is 0.883. The van der Waals surface area contributed by atoms with Gasteiger partial charge in [-0.2, -0.15) is 0 Å². The first-order chi connectivity index (χ1) is 10.6. The Balaban J connectivity index is 1.61. The Morgan fingerprint density at radius 3 is 3.09 bits per heavy atom. The number of anilines is 1. The van der Waals surface area contributed by atoms with Crippen molar-refractivity contribution >= 4 is 33.1 Å². The maximum atomic E-state index is 12.1. The molecule has 1 fully saturated rings. The maximum absolute atomic E-state index is 12.1. The molecule has 0 bridgehead atoms. The monoisotopic (exact) mass is 317 g/mol. The first kappa shape index (κ1) is 15.4. The SMILES string of the molecule is CC(C)c1nc2ccc(NC(=O)CCC3CCNC3)cc2s1. The van der Waals surface area contributed by atoms with Crippen molar-refractivity contribution in [3.8, 4) is 0 Å². The van der Waals surface area contributed by atoms with Crippen LogP contribution in [-0.2, 0) is 4.79 Å². The zero-order valence-electron chi connectivity index (χ0n) is 13.2. The van der Waals surface area contributed by atoms with Crippen molar-refractivity contribution in [2.75, 3.05) is 18.4 Å². The number of carbonyl (C=O) groups excluding carboxylic acids is 1. The summed E-state index contributed by atoms with van der Waals surface area (Å²) < 4.78 is 1.14. The van der Waals surface area contributed by atoms with Crippen LogP contribution in [0.25, 0.3) is 10.2 Å². The number of aromatic nitrogens is 1. The molecule has 1 unspecified atom stereocenters. The fourth-order valence-corrected chi connectivity index (χ4v) is 3.80. The van der Waals surface area contributed by atoms with E-state index >= 15 is 0 Å². The van der Waals surface area contributed by atoms with E-state index in [1.807, 2.05) is 18.2 Å². The van der Waals surface area contributed by atoms with Crippen LogP contribution in [-0.4, -0.2) is 24.0 Å². The summed E-state index contributed by atoms with van der Waals surface area (Å²) in [6.45, 7) is 6.45. The summed E-state index contributed by atoms with van der Waals surface area (Å²) in [5, 5.41) is 7.50. The predicted molar refractivity (Wildman–Crippen MR) is 92.5 cm³/mol. The zero-order valence-corrected chi connectivity index (χ0v) is 14.0. The molecule has 1 atom stereocenters. The van der Waals surface area contributed by atoms with Gasteiger partial charge in [-0.05, 0) is 50.0 Å². The summed E-state index contributed by atoms with van der Waals surface area (Å²) in [5.74, 6) is 1.21. The van der Waals surface area contributed by atoms with E-state index in [0.717, 1.165) is 40.4 Å². The lowest BCUT2D eigenvalue weighted by Crippen LogP contribution is -2.14. The van der Waals surface area contributed by atoms with E-state index in [1.165, 1.54) is 6.42 Å². The van der Waals surface area contributed by atoms with Crippen molar-refractivity contribution in [3.63, 3.8) is 0 Å². The second-order valence-electron chi connectivity index (χ2n) is 6.33. The molecule has 22 heavy (non-hydrogen) atoms. The van der Waals surface area contributed by atoms with E-state index in [9.17, 15) is 4.79 Å². The molecule has 118 valence electrons. The largest absolute Gasteiger partial charge is 0.326 e. The first-order valence-electron chi connectivity index (χ1n) is 8.03. The fourth-order valence-electron chi connectivity index (χ4n) is 2.79. The minimum absolute atomic E-state index is 0.111. The summed E-state index contributed by atoms with van der Waals surface area (Å²) in [6, 6.07) is 5.98. The van der Waals surface area contributed by atoms with Crippen LogP contribution in [0.1, 0.15) is 44.0 Å². The van der Waals surface area contributed by atoms with Crippen molar-refractivity contribution in [2.24, 2.45) is 5.92 Å². The van der Waals surface area contributed by atoms with E-state index in [1.54, 1.807) is 11.3 Å². The molecule has 0 saturated carbocycles. The van der Waals surface area contributed by atoms with Gasteiger partial charge in [0, 0.05) is 18.0 Å². The van der Waals surface area contributed by atoms with Gasteiger partial charge < -0.3 is 10.6 Å². The number of amides is 1. The second-order valence-corrected chi connectivity index (χ2v) is 7.40. The Morgan fingerprint density at radius 2 is 2.36 bits per heavy atom. The highest BCUT2D eigenvalue weighted by Crippen LogP contribution is 2.29. The Morgan fingerprint density at radius 1 is 1.50 bits per heavy atom. The van der Waals surface area contributed by atoms with E-state index in [-0.39, 0.29) is 5.91 Å². The van der Waals surface area contributed by atoms with E-state index in [2.05, 4.69) is 29.5 Å². The molecule has 0 spiro atoms. The van der Waals surface area contributed by atoms with Crippen LogP contribution in [0.5, 0.6) is 0 Å². The van der Waals surface area contributed by atoms with Crippen molar-refractivity contribution < 1.29 is 4.79 Å². The lowest BCUT2D eigenvalue weighted by molar-refractivity contribution is -0.116. The number of thiazole rings is 1. The number of fused-ring (bicyclic) bond motifs is 1. The topological polar surface area (TPSA) is 54.0 Å². The molecule has 1 amide bonds. The summed E-state index contributed by atoms with van der Waals surface area (Å²) in [7, 11) is 0. The third-order valence-electron chi connectivity index (χ3n) is 4.12. The average molecular weight is 317 g/mol. The molecule has 2 aromatic rings. The highest BCUT2D eigenvalue weighted by atomic mass is 32.1. The zero-order chi connectivity index (χ0) is 15.5. The van der Waals surface area contributed by atoms with Gasteiger partial charge in [0.05, 0.1) is 15.2 Å². The summed E-state index contributed by atoms with van der Waals surface area (Å²) in [5.41, 5.74) is 1.89. The Labute approximate surface area is 135 Å². The number of nitrogens with one attached hydrogen (secondary N) is 2. The van der Waals surface area contributed by atoms with Gasteiger partial charge in [-0.3, -0.25) is 4.79 Å². The van der Waals surface area contributed by atoms with Gasteiger partial charge >= 0.3 is 0 Å². The third-order valence-corrected chi connectivity index (χ3v) is 5.44. The van der Waals surface area contributed by atoms with Crippen LogP contribution in [0.2, 0.25) is 0 Å². The molecule has 4 nitrogen and oxygen atoms in total. The second kappa shape index (κ2) is 6.75. The van der Waals surface area contributed by atoms with Crippen LogP contribution in [0.15, 0.2) is 18.2 Å². The number of hydrogen-bond donors (Lipinski definition) is 2. The average Bonchev–Trinajstić information content (AvgIpc) is 3.14. The van der Waals surface area contributed by atoms with Crippen LogP contribution < -0.4 is 10.6 Å². The molecule has 5 heteroatoms. The van der Waals surface area contributed by atoms with Gasteiger partial charge in [0.25, 0.3) is 0 Å². The molecule has 2 N–H and O–H groups in total. The van der Waals surface area contributed by atoms with Gasteiger partial charge in [0.2, 0.25) is 5.91 Å². The molecule has 2 heterocycles. The predicted octanol–water partition coefficient (Wildman–Crippen LogP) is 3.75. The molecule has 1 aliphatic heterocycles. The molecular formula is C17H23N3OS. The van der Waals surface area contributed by atoms with Crippen molar-refractivity contribution in [3.05, 3.63) is 23.2 Å². The molecule has 1 aromatic carbocycles. The van der Waals surface area contributed by atoms with Crippen molar-refractivity contribution in [2.45, 2.75) is 39.0 Å². The van der Waals surface area contributed by atoms with E-state index < -0.39 is 0 Å². The van der Waals surface area contributed by atoms with Crippen LogP contribution in [0.3, 0.4) is 0 Å². The van der Waals surface area contributed by atoms with Gasteiger partial charge in [0.1, 0.15) is 0 Å². The van der Waals surface area contributed by atoms with Crippen molar-refractivity contribution in [1.29, 1.82) is 0 Å². The van der Waals surface area contributed by atoms with E-state index in [0.29, 0.717) is 18.3 Å². The van der Waals surface area contributed by atoms with Crippen LogP contribution >= 0.6 is 11.3 Å². The molecule has 0 radical (unpaired) electrons. The Hall–Kier alpha value is -1.46. The highest BCUT2D eigenvalue weighted by Gasteiger charge is 2.16. The Bertz CT molecular complexity index is 659. The number of rotatable bonds is 5. The van der Waals surface area contributed by atoms with Crippen molar-refractivity contribution in [1.82, 2.24) is 10.3 Å². The Kier molecular flexibility index (Phi) is 4.74. The van der Waals surface area contributed by atoms with Crippen LogP contribution in [0, 0.1) is 5.92 Å². The standard InChI is InChI=1S/C17H23N3OS/c1-11(2)17-20-14-5-4-13(9-15(14)22-17)19-16(21)6-3-12-7-8-18-10-12/h4-5,9,11-12,18H,3,6-8,10H2,1-2H3,(H,19,21). The molecule has 3 rings (SSSR count). The summed E-state index contributed by atoms with van der Waals surface area (Å²) in [6.07, 6.45) is 2.77. The highest BCUT2D eigenvalue weighted by molar-refractivity contribution is 7.18. The number of carbonyl (C=O) groups is 1. The number of nitrogens with zero attached hydrogens (tertiary/aromatic N) is 1. The molecule has 1 aliphatic rings. The van der Waals surface area contributed by atoms with Gasteiger partial charge in [-0.25, -0.2) is 4.98 Å². The van der Waals surface area contributed by atoms with Gasteiger partial charge in [0.15, 0.2) is 0 Å². The fraction of sp³-hybridized carbons (Fsp3) is 0.529. The molecule has 1 saturated heterocycles. The summed E-state index contributed by atoms with van der Waals surface area (Å²) >= 11 is 1.71. The molecular weight excluding hydrogens is 294 g/mol. The lowest BCUT2D eigenvalue weighted by Gasteiger charge is -2.08.